The predicted octanol–water partition coefficient (Wildman–Crippen LogP) is 0.735. The number of carbonyl (C=O) groups is 2. The van der Waals surface area contributed by atoms with E-state index in [1.165, 1.54) is 6.92 Å². The molecule has 0 aliphatic carbocycles. The molecule has 6 nitrogen and oxygen atoms in total. The van der Waals surface area contributed by atoms with Gasteiger partial charge in [-0.2, -0.15) is 0 Å². The minimum Gasteiger partial charge on any atom is -0.444 e. The van der Waals surface area contributed by atoms with Crippen molar-refractivity contribution in [1.82, 2.24) is 16.2 Å². The van der Waals surface area contributed by atoms with Crippen LogP contribution in [0.2, 0.25) is 0 Å². The Morgan fingerprint density at radius 1 is 1.29 bits per heavy atom. The first-order chi connectivity index (χ1) is 7.61. The zero-order valence-electron chi connectivity index (χ0n) is 10.2. The van der Waals surface area contributed by atoms with Crippen LogP contribution in [0.25, 0.3) is 0 Å². The summed E-state index contributed by atoms with van der Waals surface area (Å²) in [4.78, 5) is 22.7. The van der Waals surface area contributed by atoms with Gasteiger partial charge in [-0.05, 0) is 27.7 Å². The molecule has 0 saturated carbocycles. The molecule has 0 aromatic rings. The summed E-state index contributed by atoms with van der Waals surface area (Å²) in [6.45, 7) is 6.72. The molecule has 8 heteroatoms. The summed E-state index contributed by atoms with van der Waals surface area (Å²) in [5.41, 5.74) is 4.02. The van der Waals surface area contributed by atoms with Crippen molar-refractivity contribution in [2.24, 2.45) is 0 Å². The Morgan fingerprint density at radius 2 is 1.82 bits per heavy atom. The van der Waals surface area contributed by atoms with E-state index in [1.807, 2.05) is 0 Å². The van der Waals surface area contributed by atoms with Crippen LogP contribution in [0.3, 0.4) is 0 Å². The SMILES string of the molecule is CC(NC(=O)OC(C)(C)C)C(=O)NNC(=S)S. The quantitative estimate of drug-likeness (QED) is 0.340. The fourth-order valence-corrected chi connectivity index (χ4v) is 0.880. The van der Waals surface area contributed by atoms with Crippen LogP contribution < -0.4 is 16.2 Å². The lowest BCUT2D eigenvalue weighted by atomic mass is 10.2. The number of thiocarbonyl (C=S) groups is 1. The van der Waals surface area contributed by atoms with Gasteiger partial charge in [-0.3, -0.25) is 15.6 Å². The monoisotopic (exact) mass is 279 g/mol. The van der Waals surface area contributed by atoms with E-state index in [4.69, 9.17) is 4.74 Å². The third-order valence-corrected chi connectivity index (χ3v) is 1.63. The molecule has 0 aliphatic rings. The summed E-state index contributed by atoms with van der Waals surface area (Å²) >= 11 is 8.35. The Hall–Kier alpha value is -1.02. The summed E-state index contributed by atoms with van der Waals surface area (Å²) in [7, 11) is 0. The van der Waals surface area contributed by atoms with Crippen molar-refractivity contribution < 1.29 is 14.3 Å². The van der Waals surface area contributed by atoms with Crippen LogP contribution in [0.5, 0.6) is 0 Å². The maximum Gasteiger partial charge on any atom is 0.408 e. The Labute approximate surface area is 111 Å². The van der Waals surface area contributed by atoms with Crippen molar-refractivity contribution >= 4 is 41.2 Å². The predicted molar refractivity (Wildman–Crippen MR) is 71.7 cm³/mol. The third-order valence-electron chi connectivity index (χ3n) is 1.42. The summed E-state index contributed by atoms with van der Waals surface area (Å²) < 4.78 is 5.12. The Morgan fingerprint density at radius 3 is 2.24 bits per heavy atom. The average Bonchev–Trinajstić information content (AvgIpc) is 2.10. The lowest BCUT2D eigenvalue weighted by molar-refractivity contribution is -0.123. The second-order valence-corrected chi connectivity index (χ2v) is 5.45. The molecule has 0 fully saturated rings. The fourth-order valence-electron chi connectivity index (χ4n) is 0.773. The van der Waals surface area contributed by atoms with Gasteiger partial charge in [0.2, 0.25) is 0 Å². The van der Waals surface area contributed by atoms with Gasteiger partial charge >= 0.3 is 6.09 Å². The lowest BCUT2D eigenvalue weighted by Crippen LogP contribution is -2.50. The van der Waals surface area contributed by atoms with E-state index in [-0.39, 0.29) is 4.32 Å². The zero-order chi connectivity index (χ0) is 13.6. The van der Waals surface area contributed by atoms with Gasteiger partial charge in [0, 0.05) is 0 Å². The summed E-state index contributed by atoms with van der Waals surface area (Å²) in [5.74, 6) is -0.452. The summed E-state index contributed by atoms with van der Waals surface area (Å²) in [6, 6.07) is -0.750. The van der Waals surface area contributed by atoms with Crippen LogP contribution in [0, 0.1) is 0 Å². The first-order valence-corrected chi connectivity index (χ1v) is 5.75. The van der Waals surface area contributed by atoms with Gasteiger partial charge in [-0.15, -0.1) is 12.6 Å². The zero-order valence-corrected chi connectivity index (χ0v) is 11.9. The van der Waals surface area contributed by atoms with Crippen molar-refractivity contribution in [1.29, 1.82) is 0 Å². The topological polar surface area (TPSA) is 79.5 Å². The Kier molecular flexibility index (Phi) is 6.25. The van der Waals surface area contributed by atoms with Gasteiger partial charge in [0.25, 0.3) is 5.91 Å². The van der Waals surface area contributed by atoms with Gasteiger partial charge in [0.1, 0.15) is 16.0 Å². The number of thiol groups is 1. The van der Waals surface area contributed by atoms with Crippen molar-refractivity contribution in [2.75, 3.05) is 0 Å². The number of alkyl carbamates (subject to hydrolysis) is 1. The van der Waals surface area contributed by atoms with E-state index in [0.29, 0.717) is 0 Å². The maximum absolute atomic E-state index is 11.4. The number of nitrogens with one attached hydrogen (secondary N) is 3. The molecule has 1 atom stereocenters. The molecule has 1 unspecified atom stereocenters. The second-order valence-electron chi connectivity index (χ2n) is 4.29. The third kappa shape index (κ3) is 8.75. The molecule has 0 rings (SSSR count). The molecule has 0 bridgehead atoms. The highest BCUT2D eigenvalue weighted by molar-refractivity contribution is 8.11. The van der Waals surface area contributed by atoms with Crippen LogP contribution >= 0.6 is 24.8 Å². The van der Waals surface area contributed by atoms with Crippen LogP contribution in [0.1, 0.15) is 27.7 Å². The standard InChI is InChI=1S/C9H17N3O3S2/c1-5(6(13)11-12-8(16)17)10-7(14)15-9(2,3)4/h5H,1-4H3,(H,10,14)(H,11,13)(H2,12,16,17). The van der Waals surface area contributed by atoms with Crippen LogP contribution in [0.15, 0.2) is 0 Å². The van der Waals surface area contributed by atoms with Crippen molar-refractivity contribution in [3.05, 3.63) is 0 Å². The van der Waals surface area contributed by atoms with Gasteiger partial charge < -0.3 is 10.1 Å². The smallest absolute Gasteiger partial charge is 0.408 e. The number of ether oxygens (including phenoxy) is 1. The van der Waals surface area contributed by atoms with E-state index in [2.05, 4.69) is 41.0 Å². The molecule has 0 aliphatic heterocycles. The van der Waals surface area contributed by atoms with Crippen molar-refractivity contribution in [2.45, 2.75) is 39.3 Å². The summed E-state index contributed by atoms with van der Waals surface area (Å²) in [5, 5.41) is 2.38. The van der Waals surface area contributed by atoms with E-state index in [1.54, 1.807) is 20.8 Å². The Balaban J connectivity index is 4.08. The number of amides is 2. The molecular formula is C9H17N3O3S2. The first-order valence-electron chi connectivity index (χ1n) is 4.90. The lowest BCUT2D eigenvalue weighted by Gasteiger charge is -2.21. The Bertz CT molecular complexity index is 315. The van der Waals surface area contributed by atoms with Crippen LogP contribution in [-0.2, 0) is 9.53 Å². The van der Waals surface area contributed by atoms with E-state index < -0.39 is 23.6 Å². The molecule has 0 aromatic heterocycles. The number of hydrogen-bond donors (Lipinski definition) is 4. The number of hydrazine groups is 1. The van der Waals surface area contributed by atoms with E-state index in [9.17, 15) is 9.59 Å². The molecule has 98 valence electrons. The normalized spacial score (nSPS) is 12.3. The van der Waals surface area contributed by atoms with E-state index in [0.717, 1.165) is 0 Å². The van der Waals surface area contributed by atoms with Gasteiger partial charge in [-0.25, -0.2) is 4.79 Å². The van der Waals surface area contributed by atoms with Crippen molar-refractivity contribution in [3.63, 3.8) is 0 Å². The highest BCUT2D eigenvalue weighted by atomic mass is 32.1. The molecule has 0 radical (unpaired) electrons. The molecule has 17 heavy (non-hydrogen) atoms. The summed E-state index contributed by atoms with van der Waals surface area (Å²) in [6.07, 6.45) is -0.659. The highest BCUT2D eigenvalue weighted by Crippen LogP contribution is 2.06. The molecule has 2 amide bonds. The molecule has 0 aromatic carbocycles. The molecule has 0 heterocycles. The molecule has 0 saturated heterocycles. The minimum absolute atomic E-state index is 0.128. The maximum atomic E-state index is 11.4. The van der Waals surface area contributed by atoms with Gasteiger partial charge in [0.05, 0.1) is 0 Å². The number of rotatable bonds is 2. The number of carbonyl (C=O) groups excluding carboxylic acids is 2. The number of hydrogen-bond acceptors (Lipinski definition) is 4. The molecular weight excluding hydrogens is 262 g/mol. The largest absolute Gasteiger partial charge is 0.444 e. The van der Waals surface area contributed by atoms with Crippen LogP contribution in [0.4, 0.5) is 4.79 Å². The van der Waals surface area contributed by atoms with Gasteiger partial charge in [0.15, 0.2) is 0 Å². The van der Waals surface area contributed by atoms with E-state index >= 15 is 0 Å². The highest BCUT2D eigenvalue weighted by Gasteiger charge is 2.20. The first kappa shape index (κ1) is 16.0. The van der Waals surface area contributed by atoms with Crippen molar-refractivity contribution in [3.8, 4) is 0 Å². The van der Waals surface area contributed by atoms with Crippen LogP contribution in [-0.4, -0.2) is 28.0 Å². The fraction of sp³-hybridized carbons (Fsp3) is 0.667. The van der Waals surface area contributed by atoms with Gasteiger partial charge in [-0.1, -0.05) is 12.2 Å². The molecule has 0 spiro atoms. The minimum atomic E-state index is -0.750. The average molecular weight is 279 g/mol. The molecule has 3 N–H and O–H groups in total. The second kappa shape index (κ2) is 6.65.